The van der Waals surface area contributed by atoms with E-state index in [-0.39, 0.29) is 5.16 Å². The van der Waals surface area contributed by atoms with Crippen LogP contribution in [0.2, 0.25) is 0 Å². The van der Waals surface area contributed by atoms with E-state index in [0.29, 0.717) is 19.5 Å². The zero-order valence-corrected chi connectivity index (χ0v) is 17.1. The van der Waals surface area contributed by atoms with E-state index in [1.807, 2.05) is 36.4 Å². The Morgan fingerprint density at radius 2 is 1.96 bits per heavy atom. The van der Waals surface area contributed by atoms with Crippen LogP contribution in [0, 0.1) is 0 Å². The Bertz CT molecular complexity index is 1080. The second-order valence-corrected chi connectivity index (χ2v) is 9.46. The van der Waals surface area contributed by atoms with Crippen LogP contribution in [0.1, 0.15) is 17.0 Å². The molecule has 0 spiro atoms. The molecular formula is C19H18BrN3O3S. The standard InChI is InChI=1S/C19H18BrN3O3S/c1-27(24,25)19-21-10-14-11-23(9-8-17(14)22-19)12-16-6-7-18(26-16)13-2-4-15(20)5-3-13/h2-7,10H,8-9,11-12H2,1H3. The van der Waals surface area contributed by atoms with Gasteiger partial charge < -0.3 is 4.42 Å². The van der Waals surface area contributed by atoms with Crippen LogP contribution in [-0.4, -0.2) is 36.1 Å². The summed E-state index contributed by atoms with van der Waals surface area (Å²) in [6.45, 7) is 2.15. The van der Waals surface area contributed by atoms with Gasteiger partial charge in [-0.1, -0.05) is 28.1 Å². The number of fused-ring (bicyclic) bond motifs is 1. The van der Waals surface area contributed by atoms with Gasteiger partial charge in [0.1, 0.15) is 11.5 Å². The molecule has 1 aromatic carbocycles. The lowest BCUT2D eigenvalue weighted by atomic mass is 10.1. The number of furan rings is 1. The monoisotopic (exact) mass is 447 g/mol. The lowest BCUT2D eigenvalue weighted by molar-refractivity contribution is 0.223. The Kier molecular flexibility index (Phi) is 4.88. The van der Waals surface area contributed by atoms with Gasteiger partial charge in [-0.3, -0.25) is 4.90 Å². The number of aromatic nitrogens is 2. The molecule has 0 fully saturated rings. The fourth-order valence-electron chi connectivity index (χ4n) is 3.12. The normalized spacial score (nSPS) is 14.9. The van der Waals surface area contributed by atoms with Gasteiger partial charge in [0.25, 0.3) is 0 Å². The molecule has 0 saturated heterocycles. The SMILES string of the molecule is CS(=O)(=O)c1ncc2c(n1)CCN(Cc1ccc(-c3ccc(Br)cc3)o1)C2. The van der Waals surface area contributed by atoms with Crippen LogP contribution in [-0.2, 0) is 29.3 Å². The van der Waals surface area contributed by atoms with Crippen molar-refractivity contribution in [3.63, 3.8) is 0 Å². The van der Waals surface area contributed by atoms with Gasteiger partial charge in [-0.15, -0.1) is 0 Å². The third-order valence-electron chi connectivity index (χ3n) is 4.49. The van der Waals surface area contributed by atoms with Gasteiger partial charge in [-0.2, -0.15) is 0 Å². The van der Waals surface area contributed by atoms with Crippen molar-refractivity contribution in [3.05, 3.63) is 64.1 Å². The van der Waals surface area contributed by atoms with Crippen molar-refractivity contribution < 1.29 is 12.8 Å². The van der Waals surface area contributed by atoms with Crippen molar-refractivity contribution in [2.45, 2.75) is 24.7 Å². The molecule has 0 radical (unpaired) electrons. The van der Waals surface area contributed by atoms with Gasteiger partial charge in [0, 0.05) is 47.6 Å². The first-order valence-corrected chi connectivity index (χ1v) is 11.2. The molecule has 0 N–H and O–H groups in total. The van der Waals surface area contributed by atoms with Crippen LogP contribution >= 0.6 is 15.9 Å². The molecule has 8 heteroatoms. The minimum Gasteiger partial charge on any atom is -0.460 e. The molecule has 1 aliphatic rings. The predicted octanol–water partition coefficient (Wildman–Crippen LogP) is 3.46. The first-order chi connectivity index (χ1) is 12.9. The van der Waals surface area contributed by atoms with Crippen LogP contribution in [0.25, 0.3) is 11.3 Å². The Hall–Kier alpha value is -2.03. The van der Waals surface area contributed by atoms with Crippen molar-refractivity contribution in [1.82, 2.24) is 14.9 Å². The van der Waals surface area contributed by atoms with Gasteiger partial charge >= 0.3 is 0 Å². The summed E-state index contributed by atoms with van der Waals surface area (Å²) < 4.78 is 30.3. The molecule has 0 saturated carbocycles. The van der Waals surface area contributed by atoms with E-state index in [1.165, 1.54) is 0 Å². The minimum absolute atomic E-state index is 0.0973. The molecule has 0 atom stereocenters. The van der Waals surface area contributed by atoms with Crippen molar-refractivity contribution in [2.75, 3.05) is 12.8 Å². The van der Waals surface area contributed by atoms with Crippen LogP contribution in [0.5, 0.6) is 0 Å². The molecule has 2 aromatic heterocycles. The molecule has 3 aromatic rings. The number of hydrogen-bond donors (Lipinski definition) is 0. The maximum Gasteiger partial charge on any atom is 0.246 e. The summed E-state index contributed by atoms with van der Waals surface area (Å²) in [5.41, 5.74) is 2.82. The third-order valence-corrected chi connectivity index (χ3v) is 5.88. The first-order valence-electron chi connectivity index (χ1n) is 8.50. The molecule has 0 aliphatic carbocycles. The van der Waals surface area contributed by atoms with Gasteiger partial charge in [0.05, 0.1) is 12.2 Å². The molecule has 27 heavy (non-hydrogen) atoms. The number of hydrogen-bond acceptors (Lipinski definition) is 6. The zero-order chi connectivity index (χ0) is 19.0. The van der Waals surface area contributed by atoms with Crippen molar-refractivity contribution in [3.8, 4) is 11.3 Å². The van der Waals surface area contributed by atoms with Gasteiger partial charge in [0.2, 0.25) is 15.0 Å². The maximum atomic E-state index is 11.6. The summed E-state index contributed by atoms with van der Waals surface area (Å²) in [5, 5.41) is -0.0973. The summed E-state index contributed by atoms with van der Waals surface area (Å²) in [7, 11) is -3.38. The predicted molar refractivity (Wildman–Crippen MR) is 105 cm³/mol. The van der Waals surface area contributed by atoms with Crippen LogP contribution in [0.15, 0.2) is 56.6 Å². The fourth-order valence-corrected chi connectivity index (χ4v) is 3.91. The van der Waals surface area contributed by atoms with E-state index in [2.05, 4.69) is 30.8 Å². The summed E-state index contributed by atoms with van der Waals surface area (Å²) in [6, 6.07) is 12.0. The highest BCUT2D eigenvalue weighted by atomic mass is 79.9. The molecular weight excluding hydrogens is 430 g/mol. The number of halogens is 1. The lowest BCUT2D eigenvalue weighted by Crippen LogP contribution is -2.31. The van der Waals surface area contributed by atoms with E-state index in [1.54, 1.807) is 6.20 Å². The molecule has 0 bridgehead atoms. The number of sulfone groups is 1. The van der Waals surface area contributed by atoms with E-state index in [4.69, 9.17) is 4.42 Å². The molecule has 4 rings (SSSR count). The summed E-state index contributed by atoms with van der Waals surface area (Å²) >= 11 is 3.44. The number of benzene rings is 1. The first kappa shape index (κ1) is 18.3. The van der Waals surface area contributed by atoms with E-state index in [0.717, 1.165) is 45.6 Å². The van der Waals surface area contributed by atoms with Gasteiger partial charge in [0.15, 0.2) is 0 Å². The Balaban J connectivity index is 1.47. The topological polar surface area (TPSA) is 76.3 Å². The van der Waals surface area contributed by atoms with Crippen molar-refractivity contribution >= 4 is 25.8 Å². The molecule has 6 nitrogen and oxygen atoms in total. The Labute approximate surface area is 166 Å². The molecule has 1 aliphatic heterocycles. The lowest BCUT2D eigenvalue weighted by Gasteiger charge is -2.27. The second-order valence-electron chi connectivity index (χ2n) is 6.63. The van der Waals surface area contributed by atoms with Crippen molar-refractivity contribution in [1.29, 1.82) is 0 Å². The highest BCUT2D eigenvalue weighted by Gasteiger charge is 2.21. The quantitative estimate of drug-likeness (QED) is 0.569. The van der Waals surface area contributed by atoms with Gasteiger partial charge in [-0.25, -0.2) is 18.4 Å². The Morgan fingerprint density at radius 3 is 2.70 bits per heavy atom. The van der Waals surface area contributed by atoms with E-state index < -0.39 is 9.84 Å². The number of nitrogens with zero attached hydrogens (tertiary/aromatic N) is 3. The highest BCUT2D eigenvalue weighted by Crippen LogP contribution is 2.26. The maximum absolute atomic E-state index is 11.6. The highest BCUT2D eigenvalue weighted by molar-refractivity contribution is 9.10. The summed E-state index contributed by atoms with van der Waals surface area (Å²) in [6.07, 6.45) is 3.45. The second kappa shape index (κ2) is 7.18. The third kappa shape index (κ3) is 4.12. The van der Waals surface area contributed by atoms with Crippen LogP contribution in [0.4, 0.5) is 0 Å². The summed E-state index contributed by atoms with van der Waals surface area (Å²) in [4.78, 5) is 10.5. The minimum atomic E-state index is -3.38. The van der Waals surface area contributed by atoms with Crippen LogP contribution in [0.3, 0.4) is 0 Å². The molecule has 140 valence electrons. The van der Waals surface area contributed by atoms with E-state index >= 15 is 0 Å². The molecule has 0 amide bonds. The zero-order valence-electron chi connectivity index (χ0n) is 14.7. The molecule has 3 heterocycles. The molecule has 0 unspecified atom stereocenters. The average molecular weight is 448 g/mol. The van der Waals surface area contributed by atoms with E-state index in [9.17, 15) is 8.42 Å². The Morgan fingerprint density at radius 1 is 1.19 bits per heavy atom. The van der Waals surface area contributed by atoms with Crippen LogP contribution < -0.4 is 0 Å². The van der Waals surface area contributed by atoms with Gasteiger partial charge in [-0.05, 0) is 24.3 Å². The fraction of sp³-hybridized carbons (Fsp3) is 0.263. The number of rotatable bonds is 4. The largest absolute Gasteiger partial charge is 0.460 e. The average Bonchev–Trinajstić information content (AvgIpc) is 3.09. The van der Waals surface area contributed by atoms with Crippen molar-refractivity contribution in [2.24, 2.45) is 0 Å². The summed E-state index contributed by atoms with van der Waals surface area (Å²) in [5.74, 6) is 1.74. The smallest absolute Gasteiger partial charge is 0.246 e.